The zero-order chi connectivity index (χ0) is 22.3. The van der Waals surface area contributed by atoms with Crippen LogP contribution >= 0.6 is 0 Å². The van der Waals surface area contributed by atoms with Crippen LogP contribution < -0.4 is 16.4 Å². The number of nitrogens with zero attached hydrogens (tertiary/aromatic N) is 1. The van der Waals surface area contributed by atoms with Crippen molar-refractivity contribution in [2.75, 3.05) is 0 Å². The topological polar surface area (TPSA) is 156 Å². The van der Waals surface area contributed by atoms with E-state index in [1.54, 1.807) is 27.7 Å². The van der Waals surface area contributed by atoms with Gasteiger partial charge in [-0.25, -0.2) is 9.59 Å². The van der Waals surface area contributed by atoms with Crippen molar-refractivity contribution < 1.29 is 29.4 Å². The van der Waals surface area contributed by atoms with Gasteiger partial charge in [0.25, 0.3) is 0 Å². The zero-order valence-electron chi connectivity index (χ0n) is 18.1. The third-order valence-corrected chi connectivity index (χ3v) is 3.31. The molecule has 0 radical (unpaired) electrons. The van der Waals surface area contributed by atoms with Crippen molar-refractivity contribution in [3.63, 3.8) is 0 Å². The lowest BCUT2D eigenvalue weighted by Crippen LogP contribution is -2.57. The van der Waals surface area contributed by atoms with Crippen LogP contribution in [0.15, 0.2) is 5.16 Å². The molecule has 0 aliphatic carbocycles. The second-order valence-corrected chi connectivity index (χ2v) is 8.73. The van der Waals surface area contributed by atoms with Gasteiger partial charge in [-0.3, -0.25) is 0 Å². The summed E-state index contributed by atoms with van der Waals surface area (Å²) >= 11 is 0. The Morgan fingerprint density at radius 3 is 2.00 bits per heavy atom. The SMILES string of the molecule is CC(O)C[C@H](NC(=O)N[C@H](C(=O)OC(C)(C)C)C(C)OC(C)(C)C)/C(N)=N/O. The van der Waals surface area contributed by atoms with Crippen LogP contribution in [0.2, 0.25) is 0 Å². The van der Waals surface area contributed by atoms with E-state index in [4.69, 9.17) is 20.4 Å². The Balaban J connectivity index is 5.38. The van der Waals surface area contributed by atoms with Gasteiger partial charge in [0.1, 0.15) is 5.60 Å². The molecule has 2 amide bonds. The predicted molar refractivity (Wildman–Crippen MR) is 105 cm³/mol. The molecule has 0 aliphatic heterocycles. The maximum atomic E-state index is 12.6. The van der Waals surface area contributed by atoms with E-state index in [2.05, 4.69) is 15.8 Å². The average molecular weight is 405 g/mol. The van der Waals surface area contributed by atoms with E-state index in [-0.39, 0.29) is 12.3 Å². The van der Waals surface area contributed by atoms with Crippen LogP contribution in [0.4, 0.5) is 4.79 Å². The summed E-state index contributed by atoms with van der Waals surface area (Å²) in [4.78, 5) is 25.0. The van der Waals surface area contributed by atoms with E-state index in [0.717, 1.165) is 0 Å². The molecule has 4 atom stereocenters. The number of amidine groups is 1. The third-order valence-electron chi connectivity index (χ3n) is 3.31. The number of urea groups is 1. The number of rotatable bonds is 8. The molecule has 0 heterocycles. The molecule has 0 aliphatic rings. The number of nitrogens with one attached hydrogen (secondary N) is 2. The highest BCUT2D eigenvalue weighted by Crippen LogP contribution is 2.16. The fraction of sp³-hybridized carbons (Fsp3) is 0.833. The second kappa shape index (κ2) is 10.5. The smallest absolute Gasteiger partial charge is 0.331 e. The van der Waals surface area contributed by atoms with E-state index in [0.29, 0.717) is 0 Å². The standard InChI is InChI=1S/C18H36N4O6/c1-10(23)9-12(14(19)22-26)20-16(25)21-13(11(2)27-17(3,4)5)15(24)28-18(6,7)8/h10-13,23,26H,9H2,1-8H3,(H2,19,22)(H2,20,21,25)/t10?,11?,12-,13-/m0/s1. The molecule has 6 N–H and O–H groups in total. The molecule has 0 saturated carbocycles. The molecule has 0 aromatic rings. The van der Waals surface area contributed by atoms with Gasteiger partial charge in [-0.15, -0.1) is 0 Å². The molecular weight excluding hydrogens is 368 g/mol. The van der Waals surface area contributed by atoms with E-state index in [9.17, 15) is 14.7 Å². The number of esters is 1. The number of hydrogen-bond acceptors (Lipinski definition) is 7. The van der Waals surface area contributed by atoms with Gasteiger partial charge in [0.15, 0.2) is 11.9 Å². The van der Waals surface area contributed by atoms with E-state index in [1.807, 2.05) is 20.8 Å². The minimum atomic E-state index is -1.10. The van der Waals surface area contributed by atoms with Crippen molar-refractivity contribution in [3.8, 4) is 0 Å². The first kappa shape index (κ1) is 25.9. The summed E-state index contributed by atoms with van der Waals surface area (Å²) in [7, 11) is 0. The lowest BCUT2D eigenvalue weighted by molar-refractivity contribution is -0.164. The summed E-state index contributed by atoms with van der Waals surface area (Å²) < 4.78 is 11.2. The van der Waals surface area contributed by atoms with Gasteiger partial charge < -0.3 is 36.2 Å². The number of aliphatic hydroxyl groups excluding tert-OH is 1. The Kier molecular flexibility index (Phi) is 9.69. The van der Waals surface area contributed by atoms with Crippen LogP contribution in [0.5, 0.6) is 0 Å². The quantitative estimate of drug-likeness (QED) is 0.133. The summed E-state index contributed by atoms with van der Waals surface area (Å²) in [6.07, 6.45) is -1.48. The number of ether oxygens (including phenoxy) is 2. The minimum absolute atomic E-state index is 0.0223. The van der Waals surface area contributed by atoms with Crippen molar-refractivity contribution >= 4 is 17.8 Å². The monoisotopic (exact) mass is 404 g/mol. The number of carbonyl (C=O) groups excluding carboxylic acids is 2. The van der Waals surface area contributed by atoms with Gasteiger partial charge in [0.05, 0.1) is 23.9 Å². The molecule has 164 valence electrons. The van der Waals surface area contributed by atoms with Crippen molar-refractivity contribution in [1.29, 1.82) is 0 Å². The van der Waals surface area contributed by atoms with Crippen molar-refractivity contribution in [3.05, 3.63) is 0 Å². The van der Waals surface area contributed by atoms with Gasteiger partial charge in [0.2, 0.25) is 0 Å². The van der Waals surface area contributed by atoms with Crippen LogP contribution in [0.3, 0.4) is 0 Å². The van der Waals surface area contributed by atoms with Crippen LogP contribution in [-0.2, 0) is 14.3 Å². The van der Waals surface area contributed by atoms with E-state index >= 15 is 0 Å². The Labute approximate surface area is 166 Å². The number of aliphatic hydroxyl groups is 1. The van der Waals surface area contributed by atoms with Crippen LogP contribution in [-0.4, -0.2) is 63.6 Å². The minimum Gasteiger partial charge on any atom is -0.458 e. The normalized spacial score (nSPS) is 17.2. The molecule has 10 nitrogen and oxygen atoms in total. The predicted octanol–water partition coefficient (Wildman–Crippen LogP) is 1.09. The molecule has 0 bridgehead atoms. The lowest BCUT2D eigenvalue weighted by Gasteiger charge is -2.32. The summed E-state index contributed by atoms with van der Waals surface area (Å²) in [5, 5.41) is 26.3. The Hall–Kier alpha value is -2.07. The molecule has 0 saturated heterocycles. The maximum absolute atomic E-state index is 12.6. The Morgan fingerprint density at radius 2 is 1.61 bits per heavy atom. The maximum Gasteiger partial charge on any atom is 0.331 e. The largest absolute Gasteiger partial charge is 0.458 e. The zero-order valence-corrected chi connectivity index (χ0v) is 18.1. The van der Waals surface area contributed by atoms with Gasteiger partial charge in [-0.1, -0.05) is 5.16 Å². The third kappa shape index (κ3) is 10.9. The molecule has 0 aromatic carbocycles. The van der Waals surface area contributed by atoms with Crippen LogP contribution in [0.25, 0.3) is 0 Å². The molecule has 0 spiro atoms. The highest BCUT2D eigenvalue weighted by molar-refractivity contribution is 5.91. The number of carbonyl (C=O) groups is 2. The van der Waals surface area contributed by atoms with E-state index < -0.39 is 47.5 Å². The fourth-order valence-corrected chi connectivity index (χ4v) is 2.36. The summed E-state index contributed by atoms with van der Waals surface area (Å²) in [5.41, 5.74) is 4.25. The number of oxime groups is 1. The highest BCUT2D eigenvalue weighted by Gasteiger charge is 2.34. The first-order valence-corrected chi connectivity index (χ1v) is 9.19. The Bertz CT molecular complexity index is 551. The molecular formula is C18H36N4O6. The molecule has 28 heavy (non-hydrogen) atoms. The fourth-order valence-electron chi connectivity index (χ4n) is 2.36. The summed E-state index contributed by atoms with van der Waals surface area (Å²) in [6, 6.07) is -2.78. The highest BCUT2D eigenvalue weighted by atomic mass is 16.6. The van der Waals surface area contributed by atoms with Crippen molar-refractivity contribution in [2.45, 2.75) is 97.3 Å². The molecule has 0 aromatic heterocycles. The second-order valence-electron chi connectivity index (χ2n) is 8.73. The molecule has 0 fully saturated rings. The van der Waals surface area contributed by atoms with Gasteiger partial charge in [-0.2, -0.15) is 0 Å². The van der Waals surface area contributed by atoms with E-state index in [1.165, 1.54) is 6.92 Å². The molecule has 2 unspecified atom stereocenters. The van der Waals surface area contributed by atoms with Gasteiger partial charge >= 0.3 is 12.0 Å². The number of hydrogen-bond donors (Lipinski definition) is 5. The van der Waals surface area contributed by atoms with Crippen LogP contribution in [0, 0.1) is 0 Å². The van der Waals surface area contributed by atoms with Crippen molar-refractivity contribution in [1.82, 2.24) is 10.6 Å². The number of nitrogens with two attached hydrogens (primary N) is 1. The van der Waals surface area contributed by atoms with Crippen molar-refractivity contribution in [2.24, 2.45) is 10.9 Å². The first-order valence-electron chi connectivity index (χ1n) is 9.19. The van der Waals surface area contributed by atoms with Crippen LogP contribution in [0.1, 0.15) is 61.8 Å². The Morgan fingerprint density at radius 1 is 1.07 bits per heavy atom. The van der Waals surface area contributed by atoms with Gasteiger partial charge in [-0.05, 0) is 55.4 Å². The molecule has 0 rings (SSSR count). The average Bonchev–Trinajstić information content (AvgIpc) is 2.46. The lowest BCUT2D eigenvalue weighted by atomic mass is 10.1. The molecule has 10 heteroatoms. The summed E-state index contributed by atoms with van der Waals surface area (Å²) in [5.74, 6) is -0.931. The van der Waals surface area contributed by atoms with Gasteiger partial charge in [0, 0.05) is 6.42 Å². The first-order chi connectivity index (χ1) is 12.6. The summed E-state index contributed by atoms with van der Waals surface area (Å²) in [6.45, 7) is 13.8. The number of amides is 2.